The van der Waals surface area contributed by atoms with Gasteiger partial charge in [-0.2, -0.15) is 0 Å². The maximum Gasteiger partial charge on any atom is 0.258 e. The van der Waals surface area contributed by atoms with Crippen LogP contribution >= 0.6 is 0 Å². The maximum absolute atomic E-state index is 9.89. The van der Waals surface area contributed by atoms with Gasteiger partial charge in [-0.25, -0.2) is 0 Å². The molecule has 12 heavy (non-hydrogen) atoms. The third kappa shape index (κ3) is 1.19. The standard InChI is InChI=1S/C10H13O.Al.2H/c1-7-6-8-4-2-3-5-9(8)10(7)11;;;/h3,7,10-11H,2,4,6H2,1H3;;;. The van der Waals surface area contributed by atoms with E-state index < -0.39 is 0 Å². The molecule has 2 rings (SSSR count). The second-order valence-electron chi connectivity index (χ2n) is 4.07. The van der Waals surface area contributed by atoms with Crippen molar-refractivity contribution in [1.82, 2.24) is 0 Å². The van der Waals surface area contributed by atoms with Crippen molar-refractivity contribution in [3.63, 3.8) is 0 Å². The van der Waals surface area contributed by atoms with Crippen LogP contribution in [0.15, 0.2) is 21.7 Å². The van der Waals surface area contributed by atoms with Crippen LogP contribution in [0.2, 0.25) is 0 Å². The molecule has 2 aliphatic rings. The summed E-state index contributed by atoms with van der Waals surface area (Å²) in [6.07, 6.45) is 5.70. The predicted octanol–water partition coefficient (Wildman–Crippen LogP) is 0.994. The van der Waals surface area contributed by atoms with Crippen LogP contribution < -0.4 is 0 Å². The molecule has 0 amide bonds. The van der Waals surface area contributed by atoms with Gasteiger partial charge in [0.05, 0.1) is 6.10 Å². The molecule has 0 saturated carbocycles. The van der Waals surface area contributed by atoms with E-state index in [1.54, 1.807) is 5.57 Å². The second-order valence-corrected chi connectivity index (χ2v) is 5.15. The minimum Gasteiger partial charge on any atom is -0.388 e. The number of rotatable bonds is 0. The van der Waals surface area contributed by atoms with E-state index in [4.69, 9.17) is 0 Å². The first-order valence-corrected chi connectivity index (χ1v) is 5.77. The lowest BCUT2D eigenvalue weighted by atomic mass is 9.99. The molecule has 1 N–H and O–H groups in total. The molecular weight excluding hydrogens is 163 g/mol. The Morgan fingerprint density at radius 2 is 2.33 bits per heavy atom. The Labute approximate surface area is 81.6 Å². The van der Waals surface area contributed by atoms with Crippen LogP contribution in [0.3, 0.4) is 0 Å². The van der Waals surface area contributed by atoms with Crippen molar-refractivity contribution in [3.05, 3.63) is 21.7 Å². The Morgan fingerprint density at radius 3 is 3.00 bits per heavy atom. The first-order valence-electron chi connectivity index (χ1n) is 4.77. The summed E-state index contributed by atoms with van der Waals surface area (Å²) in [6, 6.07) is 0. The zero-order valence-corrected chi connectivity index (χ0v) is 9.80. The lowest BCUT2D eigenvalue weighted by Crippen LogP contribution is -2.15. The quantitative estimate of drug-likeness (QED) is 0.548. The predicted molar refractivity (Wildman–Crippen MR) is 52.7 cm³/mol. The average Bonchev–Trinajstić information content (AvgIpc) is 2.29. The molecule has 0 bridgehead atoms. The molecule has 1 nitrogen and oxygen atoms in total. The fraction of sp³-hybridized carbons (Fsp3) is 0.600. The summed E-state index contributed by atoms with van der Waals surface area (Å²) in [5.74, 6) is 0.463. The lowest BCUT2D eigenvalue weighted by Gasteiger charge is -2.17. The van der Waals surface area contributed by atoms with Crippen molar-refractivity contribution in [2.45, 2.75) is 32.3 Å². The Kier molecular flexibility index (Phi) is 2.16. The van der Waals surface area contributed by atoms with E-state index >= 15 is 0 Å². The van der Waals surface area contributed by atoms with Gasteiger partial charge in [0.2, 0.25) is 0 Å². The minimum absolute atomic E-state index is 0.149. The molecule has 0 radical (unpaired) electrons. The van der Waals surface area contributed by atoms with E-state index in [9.17, 15) is 5.11 Å². The number of aliphatic hydroxyl groups is 1. The molecule has 2 aliphatic carbocycles. The van der Waals surface area contributed by atoms with Gasteiger partial charge in [-0.05, 0) is 30.8 Å². The summed E-state index contributed by atoms with van der Waals surface area (Å²) in [4.78, 5) is 0. The van der Waals surface area contributed by atoms with Gasteiger partial charge in [0.1, 0.15) is 0 Å². The number of aliphatic hydroxyl groups excluding tert-OH is 1. The fourth-order valence-electron chi connectivity index (χ4n) is 2.43. The largest absolute Gasteiger partial charge is 0.388 e. The van der Waals surface area contributed by atoms with Crippen molar-refractivity contribution in [1.29, 1.82) is 0 Å². The summed E-state index contributed by atoms with van der Waals surface area (Å²) < 4.78 is 1.45. The second kappa shape index (κ2) is 3.03. The topological polar surface area (TPSA) is 20.2 Å². The monoisotopic (exact) mass is 178 g/mol. The van der Waals surface area contributed by atoms with Crippen molar-refractivity contribution < 1.29 is 5.11 Å². The first kappa shape index (κ1) is 8.57. The smallest absolute Gasteiger partial charge is 0.258 e. The fourth-order valence-corrected chi connectivity index (χ4v) is 3.36. The van der Waals surface area contributed by atoms with E-state index in [0.29, 0.717) is 5.92 Å². The van der Waals surface area contributed by atoms with Gasteiger partial charge >= 0.3 is 0 Å². The summed E-state index contributed by atoms with van der Waals surface area (Å²) in [5.41, 5.74) is 2.86. The molecule has 0 fully saturated rings. The number of hydrogen-bond acceptors (Lipinski definition) is 1. The van der Waals surface area contributed by atoms with Crippen LogP contribution in [0.1, 0.15) is 26.2 Å². The van der Waals surface area contributed by atoms with Gasteiger partial charge in [0.25, 0.3) is 16.3 Å². The van der Waals surface area contributed by atoms with Gasteiger partial charge in [-0.3, -0.25) is 0 Å². The molecule has 2 unspecified atom stereocenters. The van der Waals surface area contributed by atoms with Gasteiger partial charge < -0.3 is 5.11 Å². The minimum atomic E-state index is -0.149. The van der Waals surface area contributed by atoms with Crippen molar-refractivity contribution in [2.24, 2.45) is 5.92 Å². The number of hydrogen-bond donors (Lipinski definition) is 1. The Hall–Kier alpha value is -0.0275. The maximum atomic E-state index is 9.89. The highest BCUT2D eigenvalue weighted by molar-refractivity contribution is 6.24. The summed E-state index contributed by atoms with van der Waals surface area (Å²) in [5, 5.41) is 9.89. The molecule has 64 valence electrons. The SMILES string of the molecule is CC1CC2=C([C]([AlH2])=CCC2)C1O. The highest BCUT2D eigenvalue weighted by Crippen LogP contribution is 2.39. The Morgan fingerprint density at radius 1 is 1.58 bits per heavy atom. The van der Waals surface area contributed by atoms with Gasteiger partial charge in [0.15, 0.2) is 0 Å². The molecule has 0 aromatic rings. The molecule has 0 aliphatic heterocycles. The van der Waals surface area contributed by atoms with E-state index in [0.717, 1.165) is 22.7 Å². The van der Waals surface area contributed by atoms with E-state index in [1.165, 1.54) is 22.8 Å². The highest BCUT2D eigenvalue weighted by Gasteiger charge is 2.31. The van der Waals surface area contributed by atoms with Gasteiger partial charge in [-0.1, -0.05) is 18.6 Å². The third-order valence-electron chi connectivity index (χ3n) is 3.11. The highest BCUT2D eigenvalue weighted by atomic mass is 27.0. The van der Waals surface area contributed by atoms with Gasteiger partial charge in [0, 0.05) is 0 Å². The van der Waals surface area contributed by atoms with Crippen LogP contribution in [0.4, 0.5) is 0 Å². The molecule has 0 heterocycles. The first-order chi connectivity index (χ1) is 5.70. The van der Waals surface area contributed by atoms with E-state index in [2.05, 4.69) is 13.0 Å². The number of allylic oxidation sites excluding steroid dienone is 2. The molecule has 2 atom stereocenters. The van der Waals surface area contributed by atoms with Crippen LogP contribution in [-0.2, 0) is 0 Å². The van der Waals surface area contributed by atoms with Crippen LogP contribution in [0.5, 0.6) is 0 Å². The zero-order chi connectivity index (χ0) is 8.72. The molecular formula is C10H15AlO. The summed E-state index contributed by atoms with van der Waals surface area (Å²) in [6.45, 7) is 2.15. The van der Waals surface area contributed by atoms with E-state index in [-0.39, 0.29) is 6.10 Å². The zero-order valence-electron chi connectivity index (χ0n) is 7.80. The van der Waals surface area contributed by atoms with Crippen LogP contribution in [-0.4, -0.2) is 27.5 Å². The summed E-state index contributed by atoms with van der Waals surface area (Å²) >= 11 is 1.09. The van der Waals surface area contributed by atoms with Crippen LogP contribution in [0.25, 0.3) is 0 Å². The van der Waals surface area contributed by atoms with E-state index in [1.807, 2.05) is 0 Å². The van der Waals surface area contributed by atoms with Gasteiger partial charge in [-0.15, -0.1) is 4.44 Å². The molecule has 0 aromatic heterocycles. The van der Waals surface area contributed by atoms with Crippen molar-refractivity contribution in [2.75, 3.05) is 0 Å². The lowest BCUT2D eigenvalue weighted by molar-refractivity contribution is 0.167. The molecule has 0 saturated heterocycles. The average molecular weight is 178 g/mol. The third-order valence-corrected chi connectivity index (χ3v) is 4.05. The van der Waals surface area contributed by atoms with Crippen LogP contribution in [0, 0.1) is 5.92 Å². The summed E-state index contributed by atoms with van der Waals surface area (Å²) in [7, 11) is 0. The molecule has 2 heteroatoms. The molecule has 0 aromatic carbocycles. The van der Waals surface area contributed by atoms with Crippen molar-refractivity contribution in [3.8, 4) is 0 Å². The Balaban J connectivity index is 2.35. The Bertz CT molecular complexity index is 265. The van der Waals surface area contributed by atoms with Crippen molar-refractivity contribution >= 4 is 16.3 Å². The molecule has 0 spiro atoms. The normalized spacial score (nSPS) is 35.0.